The van der Waals surface area contributed by atoms with E-state index in [4.69, 9.17) is 0 Å². The Labute approximate surface area is 151 Å². The van der Waals surface area contributed by atoms with Gasteiger partial charge in [0, 0.05) is 19.3 Å². The van der Waals surface area contributed by atoms with Gasteiger partial charge in [0.1, 0.15) is 0 Å². The molecule has 130 valence electrons. The van der Waals surface area contributed by atoms with Crippen molar-refractivity contribution in [1.29, 1.82) is 0 Å². The van der Waals surface area contributed by atoms with E-state index in [1.807, 2.05) is 36.3 Å². The van der Waals surface area contributed by atoms with Gasteiger partial charge >= 0.3 is 0 Å². The van der Waals surface area contributed by atoms with Crippen LogP contribution in [0, 0.1) is 0 Å². The van der Waals surface area contributed by atoms with E-state index in [-0.39, 0.29) is 11.9 Å². The number of nitrogens with zero attached hydrogens (tertiary/aromatic N) is 4. The van der Waals surface area contributed by atoms with Gasteiger partial charge in [0.15, 0.2) is 5.69 Å². The lowest BCUT2D eigenvalue weighted by Crippen LogP contribution is -2.42. The minimum atomic E-state index is -0.0933. The monoisotopic (exact) mass is 355 g/mol. The number of carbonyl (C=O) groups excluding carboxylic acids is 1. The molecule has 1 saturated heterocycles. The second-order valence-electron chi connectivity index (χ2n) is 5.77. The van der Waals surface area contributed by atoms with Crippen LogP contribution in [0.25, 0.3) is 10.2 Å². The van der Waals surface area contributed by atoms with Gasteiger partial charge in [-0.2, -0.15) is 0 Å². The fourth-order valence-corrected chi connectivity index (χ4v) is 3.40. The number of aromatic nitrogens is 2. The Hall–Kier alpha value is -2.54. The molecule has 0 spiro atoms. The Morgan fingerprint density at radius 2 is 2.28 bits per heavy atom. The van der Waals surface area contributed by atoms with E-state index < -0.39 is 0 Å². The van der Waals surface area contributed by atoms with Crippen LogP contribution in [0.5, 0.6) is 0 Å². The lowest BCUT2D eigenvalue weighted by atomic mass is 10.2. The van der Waals surface area contributed by atoms with Crippen molar-refractivity contribution in [2.45, 2.75) is 26.3 Å². The maximum Gasteiger partial charge on any atom is 0.274 e. The zero-order valence-corrected chi connectivity index (χ0v) is 15.2. The first-order valence-corrected chi connectivity index (χ1v) is 9.14. The van der Waals surface area contributed by atoms with Crippen LogP contribution < -0.4 is 5.32 Å². The number of nitrogens with one attached hydrogen (secondary N) is 1. The molecule has 1 atom stereocenters. The molecule has 1 aliphatic rings. The van der Waals surface area contributed by atoms with E-state index in [9.17, 15) is 4.79 Å². The predicted molar refractivity (Wildman–Crippen MR) is 103 cm³/mol. The van der Waals surface area contributed by atoms with Crippen LogP contribution in [0.1, 0.15) is 30.8 Å². The Kier molecular flexibility index (Phi) is 5.23. The lowest BCUT2D eigenvalue weighted by molar-refractivity contribution is 0.0648. The largest absolute Gasteiger partial charge is 0.346 e. The van der Waals surface area contributed by atoms with Crippen LogP contribution in [0.4, 0.5) is 5.95 Å². The van der Waals surface area contributed by atoms with E-state index in [0.29, 0.717) is 11.6 Å². The summed E-state index contributed by atoms with van der Waals surface area (Å²) in [7, 11) is 0. The molecule has 1 fully saturated rings. The number of anilines is 1. The van der Waals surface area contributed by atoms with E-state index >= 15 is 0 Å². The number of hydrogen-bond donors (Lipinski definition) is 1. The number of aliphatic imine (C=N–C) groups is 1. The van der Waals surface area contributed by atoms with Crippen LogP contribution in [0.15, 0.2) is 40.9 Å². The maximum absolute atomic E-state index is 12.7. The zero-order chi connectivity index (χ0) is 17.8. The topological polar surface area (TPSA) is 70.5 Å². The average Bonchev–Trinajstić information content (AvgIpc) is 3.01. The smallest absolute Gasteiger partial charge is 0.274 e. The summed E-state index contributed by atoms with van der Waals surface area (Å²) in [5.41, 5.74) is 2.12. The van der Waals surface area contributed by atoms with Crippen LogP contribution in [0.3, 0.4) is 0 Å². The molecule has 0 bridgehead atoms. The molecule has 25 heavy (non-hydrogen) atoms. The van der Waals surface area contributed by atoms with E-state index in [0.717, 1.165) is 35.4 Å². The van der Waals surface area contributed by atoms with E-state index in [1.165, 1.54) is 11.3 Å². The number of amides is 1. The molecule has 1 N–H and O–H groups in total. The van der Waals surface area contributed by atoms with Gasteiger partial charge in [-0.1, -0.05) is 18.7 Å². The molecule has 0 saturated carbocycles. The Morgan fingerprint density at radius 1 is 1.48 bits per heavy atom. The van der Waals surface area contributed by atoms with Crippen molar-refractivity contribution in [3.8, 4) is 0 Å². The highest BCUT2D eigenvalue weighted by Gasteiger charge is 2.26. The number of thiophene rings is 1. The van der Waals surface area contributed by atoms with Crippen LogP contribution in [0.2, 0.25) is 0 Å². The highest BCUT2D eigenvalue weighted by molar-refractivity contribution is 7.17. The van der Waals surface area contributed by atoms with Crippen molar-refractivity contribution in [2.75, 3.05) is 18.4 Å². The fourth-order valence-electron chi connectivity index (χ4n) is 2.58. The van der Waals surface area contributed by atoms with Gasteiger partial charge in [0.2, 0.25) is 5.95 Å². The summed E-state index contributed by atoms with van der Waals surface area (Å²) in [5.74, 6) is 0.420. The Bertz CT molecular complexity index is 850. The zero-order valence-electron chi connectivity index (χ0n) is 14.4. The molecular weight excluding hydrogens is 334 g/mol. The average molecular weight is 355 g/mol. The summed E-state index contributed by atoms with van der Waals surface area (Å²) in [4.78, 5) is 27.9. The molecule has 0 aromatic carbocycles. The maximum atomic E-state index is 12.7. The van der Waals surface area contributed by atoms with Gasteiger partial charge in [0.25, 0.3) is 5.91 Å². The Morgan fingerprint density at radius 3 is 2.92 bits per heavy atom. The molecule has 0 unspecified atom stereocenters. The first-order chi connectivity index (χ1) is 12.1. The summed E-state index contributed by atoms with van der Waals surface area (Å²) in [6.07, 6.45) is 6.26. The highest BCUT2D eigenvalue weighted by atomic mass is 32.1. The molecule has 6 nitrogen and oxygen atoms in total. The number of hydrogen-bond acceptors (Lipinski definition) is 6. The van der Waals surface area contributed by atoms with Crippen LogP contribution >= 0.6 is 11.3 Å². The quantitative estimate of drug-likeness (QED) is 0.805. The molecule has 3 rings (SSSR count). The predicted octanol–water partition coefficient (Wildman–Crippen LogP) is 3.50. The Balaban J connectivity index is 1.90. The molecule has 0 aliphatic carbocycles. The van der Waals surface area contributed by atoms with Gasteiger partial charge in [-0.3, -0.25) is 9.79 Å². The van der Waals surface area contributed by atoms with Crippen LogP contribution in [-0.4, -0.2) is 46.1 Å². The fraction of sp³-hybridized carbons (Fsp3) is 0.333. The highest BCUT2D eigenvalue weighted by Crippen LogP contribution is 2.26. The first-order valence-electron chi connectivity index (χ1n) is 8.26. The standard InChI is InChI=1S/C18H21N5OS/c1-4-8-19-13(5-2)12(3)20-18-21-14-7-11-25-16(14)15(22-18)17(24)23-9-6-10-23/h4-5,7-8,11-12H,1,6,9-10H2,2-3H3,(H,20,21,22)/b13-5-,19-8?/t12-/m0/s1. The van der Waals surface area contributed by atoms with Gasteiger partial charge < -0.3 is 10.2 Å². The van der Waals surface area contributed by atoms with Crippen molar-refractivity contribution < 1.29 is 4.79 Å². The number of rotatable bonds is 6. The van der Waals surface area contributed by atoms with Crippen molar-refractivity contribution in [2.24, 2.45) is 4.99 Å². The van der Waals surface area contributed by atoms with E-state index in [2.05, 4.69) is 26.9 Å². The normalized spacial score (nSPS) is 16.1. The molecule has 1 aliphatic heterocycles. The molecule has 2 aromatic rings. The molecule has 7 heteroatoms. The summed E-state index contributed by atoms with van der Waals surface area (Å²) in [5, 5.41) is 5.19. The second-order valence-corrected chi connectivity index (χ2v) is 6.69. The first kappa shape index (κ1) is 17.3. The molecule has 1 amide bonds. The second kappa shape index (κ2) is 7.57. The van der Waals surface area contributed by atoms with Crippen molar-refractivity contribution >= 4 is 39.6 Å². The van der Waals surface area contributed by atoms with Gasteiger partial charge in [-0.25, -0.2) is 9.97 Å². The summed E-state index contributed by atoms with van der Waals surface area (Å²) < 4.78 is 0.839. The van der Waals surface area contributed by atoms with Crippen LogP contribution in [-0.2, 0) is 0 Å². The number of allylic oxidation sites excluding steroid dienone is 2. The number of fused-ring (bicyclic) bond motifs is 1. The third kappa shape index (κ3) is 3.61. The third-order valence-corrected chi connectivity index (χ3v) is 4.97. The summed E-state index contributed by atoms with van der Waals surface area (Å²) in [6.45, 7) is 9.14. The molecule has 2 aromatic heterocycles. The summed E-state index contributed by atoms with van der Waals surface area (Å²) >= 11 is 1.50. The minimum absolute atomic E-state index is 0.0206. The van der Waals surface area contributed by atoms with Crippen molar-refractivity contribution in [3.05, 3.63) is 41.6 Å². The van der Waals surface area contributed by atoms with Crippen molar-refractivity contribution in [3.63, 3.8) is 0 Å². The summed E-state index contributed by atoms with van der Waals surface area (Å²) in [6, 6.07) is 1.82. The van der Waals surface area contributed by atoms with Gasteiger partial charge in [-0.05, 0) is 31.7 Å². The number of carbonyl (C=O) groups is 1. The third-order valence-electron chi connectivity index (χ3n) is 4.06. The van der Waals surface area contributed by atoms with Crippen molar-refractivity contribution in [1.82, 2.24) is 14.9 Å². The van der Waals surface area contributed by atoms with Gasteiger partial charge in [-0.15, -0.1) is 11.3 Å². The molecular formula is C18H21N5OS. The van der Waals surface area contributed by atoms with Gasteiger partial charge in [0.05, 0.1) is 22.0 Å². The lowest BCUT2D eigenvalue weighted by Gasteiger charge is -2.30. The molecule has 0 radical (unpaired) electrons. The SMILES string of the molecule is C=CC=N/C(=C\C)[C@H](C)Nc1nc(C(=O)N2CCC2)c2sccc2n1. The molecule has 3 heterocycles. The van der Waals surface area contributed by atoms with E-state index in [1.54, 1.807) is 12.3 Å². The minimum Gasteiger partial charge on any atom is -0.346 e. The number of likely N-dealkylation sites (tertiary alicyclic amines) is 1.